The van der Waals surface area contributed by atoms with Crippen molar-refractivity contribution in [1.29, 1.82) is 0 Å². The molecule has 0 unspecified atom stereocenters. The van der Waals surface area contributed by atoms with Crippen molar-refractivity contribution in [3.8, 4) is 0 Å². The Morgan fingerprint density at radius 2 is 1.69 bits per heavy atom. The number of nitrogens with zero attached hydrogens (tertiary/aromatic N) is 1. The van der Waals surface area contributed by atoms with E-state index in [4.69, 9.17) is 11.6 Å². The summed E-state index contributed by atoms with van der Waals surface area (Å²) in [5.41, 5.74) is 3.54. The second-order valence-corrected chi connectivity index (χ2v) is 9.40. The highest BCUT2D eigenvalue weighted by Crippen LogP contribution is 2.24. The Morgan fingerprint density at radius 3 is 2.38 bits per heavy atom. The van der Waals surface area contributed by atoms with Crippen molar-refractivity contribution in [1.82, 2.24) is 4.98 Å². The minimum Gasteiger partial charge on any atom is -0.326 e. The van der Waals surface area contributed by atoms with Crippen LogP contribution in [0.25, 0.3) is 0 Å². The average molecular weight is 489 g/mol. The van der Waals surface area contributed by atoms with Gasteiger partial charge in [0.1, 0.15) is 0 Å². The molecule has 0 atom stereocenters. The monoisotopic (exact) mass is 488 g/mol. The van der Waals surface area contributed by atoms with Crippen LogP contribution in [0, 0.1) is 6.92 Å². The van der Waals surface area contributed by atoms with E-state index in [-0.39, 0.29) is 29.9 Å². The van der Waals surface area contributed by atoms with Gasteiger partial charge in [-0.3, -0.25) is 14.4 Å². The molecule has 0 aliphatic rings. The molecule has 10 heteroatoms. The number of benzene rings is 2. The number of hydrogen-bond donors (Lipinski definition) is 3. The highest BCUT2D eigenvalue weighted by atomic mass is 35.5. The van der Waals surface area contributed by atoms with Gasteiger partial charge in [-0.25, -0.2) is 4.98 Å². The number of aryl methyl sites for hydroxylation is 1. The highest BCUT2D eigenvalue weighted by Gasteiger charge is 2.11. The summed E-state index contributed by atoms with van der Waals surface area (Å²) < 4.78 is 0.711. The lowest BCUT2D eigenvalue weighted by Crippen LogP contribution is -2.15. The number of carbonyl (C=O) groups is 3. The van der Waals surface area contributed by atoms with E-state index in [0.29, 0.717) is 32.1 Å². The van der Waals surface area contributed by atoms with E-state index < -0.39 is 0 Å². The Kier molecular flexibility index (Phi) is 8.26. The number of thioether (sulfide) groups is 1. The fourth-order valence-electron chi connectivity index (χ4n) is 2.69. The van der Waals surface area contributed by atoms with Crippen LogP contribution < -0.4 is 16.0 Å². The maximum atomic E-state index is 12.3. The maximum absolute atomic E-state index is 12.3. The molecule has 3 rings (SSSR count). The molecule has 32 heavy (non-hydrogen) atoms. The number of aromatic nitrogens is 1. The first-order chi connectivity index (χ1) is 15.3. The summed E-state index contributed by atoms with van der Waals surface area (Å²) in [6.45, 7) is 3.33. The SMILES string of the molecule is CC(=O)Nc1ccc(NC(=O)CSc2nc(CC(=O)Nc3cc(Cl)ccc3C)cs2)cc1. The van der Waals surface area contributed by atoms with Crippen LogP contribution in [0.4, 0.5) is 17.1 Å². The topological polar surface area (TPSA) is 100 Å². The van der Waals surface area contributed by atoms with Gasteiger partial charge in [0.15, 0.2) is 4.34 Å². The molecule has 0 spiro atoms. The number of thiazole rings is 1. The van der Waals surface area contributed by atoms with Crippen LogP contribution in [0.3, 0.4) is 0 Å². The minimum atomic E-state index is -0.183. The van der Waals surface area contributed by atoms with Gasteiger partial charge >= 0.3 is 0 Å². The Hall–Kier alpha value is -2.88. The predicted molar refractivity (Wildman–Crippen MR) is 131 cm³/mol. The van der Waals surface area contributed by atoms with Crippen LogP contribution in [0.1, 0.15) is 18.2 Å². The second kappa shape index (κ2) is 11.1. The molecule has 3 amide bonds. The van der Waals surface area contributed by atoms with Gasteiger partial charge in [0.2, 0.25) is 17.7 Å². The smallest absolute Gasteiger partial charge is 0.234 e. The summed E-state index contributed by atoms with van der Waals surface area (Å²) in [6, 6.07) is 12.2. The number of halogens is 1. The Labute approximate surface area is 199 Å². The lowest BCUT2D eigenvalue weighted by molar-refractivity contribution is -0.116. The molecular weight excluding hydrogens is 468 g/mol. The molecule has 2 aromatic carbocycles. The Bertz CT molecular complexity index is 1130. The summed E-state index contributed by atoms with van der Waals surface area (Å²) >= 11 is 8.68. The molecule has 0 fully saturated rings. The number of carbonyl (C=O) groups excluding carboxylic acids is 3. The van der Waals surface area contributed by atoms with Crippen molar-refractivity contribution in [2.75, 3.05) is 21.7 Å². The third kappa shape index (κ3) is 7.37. The van der Waals surface area contributed by atoms with E-state index in [0.717, 1.165) is 5.56 Å². The zero-order chi connectivity index (χ0) is 23.1. The fraction of sp³-hybridized carbons (Fsp3) is 0.182. The van der Waals surface area contributed by atoms with E-state index >= 15 is 0 Å². The summed E-state index contributed by atoms with van der Waals surface area (Å²) in [7, 11) is 0. The Balaban J connectivity index is 1.46. The van der Waals surface area contributed by atoms with Crippen molar-refractivity contribution in [2.45, 2.75) is 24.6 Å². The third-order valence-electron chi connectivity index (χ3n) is 4.16. The molecule has 1 heterocycles. The number of hydrogen-bond acceptors (Lipinski definition) is 6. The van der Waals surface area contributed by atoms with Gasteiger partial charge in [0.25, 0.3) is 0 Å². The molecule has 3 N–H and O–H groups in total. The van der Waals surface area contributed by atoms with Gasteiger partial charge in [-0.2, -0.15) is 0 Å². The Morgan fingerprint density at radius 1 is 1.00 bits per heavy atom. The van der Waals surface area contributed by atoms with Crippen molar-refractivity contribution >= 4 is 69.5 Å². The zero-order valence-electron chi connectivity index (χ0n) is 17.4. The molecule has 0 saturated heterocycles. The van der Waals surface area contributed by atoms with E-state index in [9.17, 15) is 14.4 Å². The van der Waals surface area contributed by atoms with E-state index in [1.54, 1.807) is 36.4 Å². The van der Waals surface area contributed by atoms with Crippen LogP contribution in [-0.2, 0) is 20.8 Å². The quantitative estimate of drug-likeness (QED) is 0.388. The largest absolute Gasteiger partial charge is 0.326 e. The summed E-state index contributed by atoms with van der Waals surface area (Å²) in [6.07, 6.45) is 0.135. The van der Waals surface area contributed by atoms with Crippen LogP contribution in [-0.4, -0.2) is 28.5 Å². The van der Waals surface area contributed by atoms with Gasteiger partial charge in [-0.1, -0.05) is 29.4 Å². The van der Waals surface area contributed by atoms with Gasteiger partial charge in [-0.15, -0.1) is 11.3 Å². The van der Waals surface area contributed by atoms with Crippen LogP contribution in [0.15, 0.2) is 52.2 Å². The lowest BCUT2D eigenvalue weighted by Gasteiger charge is -2.08. The van der Waals surface area contributed by atoms with Gasteiger partial charge < -0.3 is 16.0 Å². The molecule has 3 aromatic rings. The summed E-state index contributed by atoms with van der Waals surface area (Å²) in [5, 5.41) is 10.7. The molecule has 0 aliphatic carbocycles. The van der Waals surface area contributed by atoms with Crippen molar-refractivity contribution in [3.05, 3.63) is 64.1 Å². The molecule has 166 valence electrons. The number of rotatable bonds is 8. The summed E-state index contributed by atoms with van der Waals surface area (Å²) in [5.74, 6) is -0.321. The molecule has 0 radical (unpaired) electrons. The van der Waals surface area contributed by atoms with Crippen LogP contribution >= 0.6 is 34.7 Å². The predicted octanol–water partition coefficient (Wildman–Crippen LogP) is 4.98. The zero-order valence-corrected chi connectivity index (χ0v) is 19.8. The van der Waals surface area contributed by atoms with Gasteiger partial charge in [0.05, 0.1) is 17.9 Å². The van der Waals surface area contributed by atoms with Crippen LogP contribution in [0.2, 0.25) is 5.02 Å². The summed E-state index contributed by atoms with van der Waals surface area (Å²) in [4.78, 5) is 40.0. The normalized spacial score (nSPS) is 10.5. The average Bonchev–Trinajstić information content (AvgIpc) is 3.17. The standard InChI is InChI=1S/C22H21ClN4O3S2/c1-13-3-4-15(23)9-19(13)27-20(29)10-18-11-31-22(26-18)32-12-21(30)25-17-7-5-16(6-8-17)24-14(2)28/h3-9,11H,10,12H2,1-2H3,(H,24,28)(H,25,30)(H,27,29). The highest BCUT2D eigenvalue weighted by molar-refractivity contribution is 8.01. The maximum Gasteiger partial charge on any atom is 0.234 e. The fourth-order valence-corrected chi connectivity index (χ4v) is 4.50. The number of amides is 3. The number of nitrogens with one attached hydrogen (secondary N) is 3. The van der Waals surface area contributed by atoms with E-state index in [2.05, 4.69) is 20.9 Å². The number of anilines is 3. The second-order valence-electron chi connectivity index (χ2n) is 6.88. The first-order valence-electron chi connectivity index (χ1n) is 9.59. The lowest BCUT2D eigenvalue weighted by atomic mass is 10.2. The van der Waals surface area contributed by atoms with Crippen molar-refractivity contribution < 1.29 is 14.4 Å². The van der Waals surface area contributed by atoms with Crippen LogP contribution in [0.5, 0.6) is 0 Å². The van der Waals surface area contributed by atoms with Crippen molar-refractivity contribution in [2.24, 2.45) is 0 Å². The molecule has 1 aromatic heterocycles. The van der Waals surface area contributed by atoms with Gasteiger partial charge in [0, 0.05) is 34.4 Å². The molecule has 7 nitrogen and oxygen atoms in total. The van der Waals surface area contributed by atoms with Crippen molar-refractivity contribution in [3.63, 3.8) is 0 Å². The van der Waals surface area contributed by atoms with Gasteiger partial charge in [-0.05, 0) is 48.9 Å². The first kappa shape index (κ1) is 23.8. The first-order valence-corrected chi connectivity index (χ1v) is 11.8. The molecule has 0 bridgehead atoms. The van der Waals surface area contributed by atoms with E-state index in [1.807, 2.05) is 18.4 Å². The molecule has 0 aliphatic heterocycles. The third-order valence-corrected chi connectivity index (χ3v) is 6.47. The van der Waals surface area contributed by atoms with E-state index in [1.165, 1.54) is 30.0 Å². The molecule has 0 saturated carbocycles. The minimum absolute atomic E-state index is 0.135. The molecular formula is C22H21ClN4O3S2.